The van der Waals surface area contributed by atoms with Crippen molar-refractivity contribution in [1.82, 2.24) is 0 Å². The summed E-state index contributed by atoms with van der Waals surface area (Å²) in [7, 11) is 0. The van der Waals surface area contributed by atoms with Crippen molar-refractivity contribution in [2.24, 2.45) is 0 Å². The average Bonchev–Trinajstić information content (AvgIpc) is 2.36. The molecule has 0 bridgehead atoms. The Morgan fingerprint density at radius 2 is 1.83 bits per heavy atom. The number of halogens is 1. The third-order valence-corrected chi connectivity index (χ3v) is 2.66. The van der Waals surface area contributed by atoms with E-state index in [0.717, 1.165) is 0 Å². The normalized spacial score (nSPS) is 10.1. The van der Waals surface area contributed by atoms with Gasteiger partial charge in [0.2, 0.25) is 0 Å². The zero-order chi connectivity index (χ0) is 13.1. The second-order valence-electron chi connectivity index (χ2n) is 3.91. The molecule has 0 saturated carbocycles. The van der Waals surface area contributed by atoms with E-state index in [9.17, 15) is 14.3 Å². The Kier molecular flexibility index (Phi) is 3.28. The van der Waals surface area contributed by atoms with Crippen LogP contribution in [0, 0.1) is 12.7 Å². The number of phenols is 1. The predicted octanol–water partition coefficient (Wildman–Crippen LogP) is 3.09. The first-order valence-electron chi connectivity index (χ1n) is 5.43. The maximum absolute atomic E-state index is 12.7. The average molecular weight is 245 g/mol. The van der Waals surface area contributed by atoms with Gasteiger partial charge >= 0.3 is 0 Å². The molecule has 0 unspecified atom stereocenters. The number of carbonyl (C=O) groups excluding carboxylic acids is 1. The fraction of sp³-hybridized carbons (Fsp3) is 0.0714. The van der Waals surface area contributed by atoms with E-state index in [4.69, 9.17) is 0 Å². The van der Waals surface area contributed by atoms with Crippen LogP contribution in [-0.4, -0.2) is 11.0 Å². The molecular weight excluding hydrogens is 233 g/mol. The summed E-state index contributed by atoms with van der Waals surface area (Å²) in [5.74, 6) is -0.615. The zero-order valence-corrected chi connectivity index (χ0v) is 9.77. The molecule has 0 heterocycles. The van der Waals surface area contributed by atoms with Crippen LogP contribution < -0.4 is 5.32 Å². The highest BCUT2D eigenvalue weighted by atomic mass is 19.1. The number of aromatic hydroxyl groups is 1. The van der Waals surface area contributed by atoms with Crippen LogP contribution in [0.4, 0.5) is 10.1 Å². The summed E-state index contributed by atoms with van der Waals surface area (Å²) < 4.78 is 12.7. The molecule has 0 saturated heterocycles. The Morgan fingerprint density at radius 3 is 2.50 bits per heavy atom. The van der Waals surface area contributed by atoms with Crippen LogP contribution >= 0.6 is 0 Å². The van der Waals surface area contributed by atoms with Gasteiger partial charge in [-0.3, -0.25) is 4.79 Å². The first kappa shape index (κ1) is 12.1. The van der Waals surface area contributed by atoms with Gasteiger partial charge < -0.3 is 10.4 Å². The molecule has 3 nitrogen and oxygen atoms in total. The van der Waals surface area contributed by atoms with Gasteiger partial charge in [0.15, 0.2) is 0 Å². The third-order valence-electron chi connectivity index (χ3n) is 2.66. The van der Waals surface area contributed by atoms with Crippen molar-refractivity contribution in [3.05, 3.63) is 59.4 Å². The molecule has 2 rings (SSSR count). The summed E-state index contributed by atoms with van der Waals surface area (Å²) in [6.07, 6.45) is 0. The van der Waals surface area contributed by atoms with Crippen LogP contribution in [-0.2, 0) is 0 Å². The SMILES string of the molecule is Cc1c(O)cccc1NC(=O)c1ccc(F)cc1. The Labute approximate surface area is 104 Å². The molecule has 0 aromatic heterocycles. The van der Waals surface area contributed by atoms with Gasteiger partial charge in [-0.15, -0.1) is 0 Å². The zero-order valence-electron chi connectivity index (χ0n) is 9.77. The predicted molar refractivity (Wildman–Crippen MR) is 67.2 cm³/mol. The van der Waals surface area contributed by atoms with Gasteiger partial charge in [-0.05, 0) is 43.3 Å². The van der Waals surface area contributed by atoms with E-state index in [-0.39, 0.29) is 17.5 Å². The van der Waals surface area contributed by atoms with E-state index in [1.807, 2.05) is 0 Å². The van der Waals surface area contributed by atoms with E-state index in [0.29, 0.717) is 16.8 Å². The second kappa shape index (κ2) is 4.87. The fourth-order valence-corrected chi connectivity index (χ4v) is 1.55. The molecule has 18 heavy (non-hydrogen) atoms. The molecule has 92 valence electrons. The topological polar surface area (TPSA) is 49.3 Å². The van der Waals surface area contributed by atoms with Crippen molar-refractivity contribution in [2.75, 3.05) is 5.32 Å². The van der Waals surface area contributed by atoms with Crippen molar-refractivity contribution < 1.29 is 14.3 Å². The van der Waals surface area contributed by atoms with Gasteiger partial charge in [-0.1, -0.05) is 6.07 Å². The molecule has 0 spiro atoms. The molecule has 0 aliphatic rings. The number of hydrogen-bond donors (Lipinski definition) is 2. The highest BCUT2D eigenvalue weighted by molar-refractivity contribution is 6.04. The van der Waals surface area contributed by atoms with E-state index in [1.54, 1.807) is 25.1 Å². The highest BCUT2D eigenvalue weighted by Crippen LogP contribution is 2.24. The maximum Gasteiger partial charge on any atom is 0.255 e. The summed E-state index contributed by atoms with van der Waals surface area (Å²) >= 11 is 0. The van der Waals surface area contributed by atoms with Crippen molar-refractivity contribution >= 4 is 11.6 Å². The van der Waals surface area contributed by atoms with Crippen LogP contribution in [0.2, 0.25) is 0 Å². The number of phenolic OH excluding ortho intramolecular Hbond substituents is 1. The number of benzene rings is 2. The van der Waals surface area contributed by atoms with E-state index in [1.165, 1.54) is 24.3 Å². The van der Waals surface area contributed by atoms with Crippen molar-refractivity contribution in [2.45, 2.75) is 6.92 Å². The second-order valence-corrected chi connectivity index (χ2v) is 3.91. The molecule has 4 heteroatoms. The van der Waals surface area contributed by atoms with Crippen molar-refractivity contribution in [3.63, 3.8) is 0 Å². The lowest BCUT2D eigenvalue weighted by molar-refractivity contribution is 0.102. The van der Waals surface area contributed by atoms with E-state index in [2.05, 4.69) is 5.32 Å². The summed E-state index contributed by atoms with van der Waals surface area (Å²) in [6.45, 7) is 1.70. The maximum atomic E-state index is 12.7. The van der Waals surface area contributed by atoms with Gasteiger partial charge in [0, 0.05) is 16.8 Å². The number of rotatable bonds is 2. The minimum absolute atomic E-state index is 0.118. The van der Waals surface area contributed by atoms with Gasteiger partial charge in [-0.2, -0.15) is 0 Å². The minimum atomic E-state index is -0.389. The Bertz CT molecular complexity index is 579. The fourth-order valence-electron chi connectivity index (χ4n) is 1.55. The van der Waals surface area contributed by atoms with Gasteiger partial charge in [0.25, 0.3) is 5.91 Å². The van der Waals surface area contributed by atoms with Crippen LogP contribution in [0.1, 0.15) is 15.9 Å². The highest BCUT2D eigenvalue weighted by Gasteiger charge is 2.09. The molecule has 2 N–H and O–H groups in total. The first-order chi connectivity index (χ1) is 8.58. The quantitative estimate of drug-likeness (QED) is 0.854. The number of hydrogen-bond acceptors (Lipinski definition) is 2. The molecule has 0 fully saturated rings. The lowest BCUT2D eigenvalue weighted by Gasteiger charge is -2.09. The molecule has 1 amide bonds. The number of nitrogens with one attached hydrogen (secondary N) is 1. The number of anilines is 1. The molecule has 2 aromatic rings. The van der Waals surface area contributed by atoms with Gasteiger partial charge in [-0.25, -0.2) is 4.39 Å². The smallest absolute Gasteiger partial charge is 0.255 e. The largest absolute Gasteiger partial charge is 0.508 e. The molecule has 0 radical (unpaired) electrons. The van der Waals surface area contributed by atoms with E-state index >= 15 is 0 Å². The first-order valence-corrected chi connectivity index (χ1v) is 5.43. The molecule has 2 aromatic carbocycles. The molecule has 0 aliphatic carbocycles. The van der Waals surface area contributed by atoms with E-state index < -0.39 is 0 Å². The Hall–Kier alpha value is -2.36. The number of amides is 1. The summed E-state index contributed by atoms with van der Waals surface area (Å²) in [5.41, 5.74) is 1.48. The summed E-state index contributed by atoms with van der Waals surface area (Å²) in [5, 5.41) is 12.2. The molecule has 0 atom stereocenters. The van der Waals surface area contributed by atoms with Crippen LogP contribution in [0.3, 0.4) is 0 Å². The Balaban J connectivity index is 2.21. The lowest BCUT2D eigenvalue weighted by Crippen LogP contribution is -2.12. The van der Waals surface area contributed by atoms with Gasteiger partial charge in [0.1, 0.15) is 11.6 Å². The lowest BCUT2D eigenvalue weighted by atomic mass is 10.1. The molecular formula is C14H12FNO2. The van der Waals surface area contributed by atoms with Gasteiger partial charge in [0.05, 0.1) is 0 Å². The summed E-state index contributed by atoms with van der Waals surface area (Å²) in [4.78, 5) is 11.9. The number of carbonyl (C=O) groups is 1. The Morgan fingerprint density at radius 1 is 1.17 bits per heavy atom. The van der Waals surface area contributed by atoms with Crippen LogP contribution in [0.15, 0.2) is 42.5 Å². The minimum Gasteiger partial charge on any atom is -0.508 e. The van der Waals surface area contributed by atoms with Crippen LogP contribution in [0.25, 0.3) is 0 Å². The third kappa shape index (κ3) is 2.48. The monoisotopic (exact) mass is 245 g/mol. The van der Waals surface area contributed by atoms with Crippen molar-refractivity contribution in [1.29, 1.82) is 0 Å². The molecule has 0 aliphatic heterocycles. The van der Waals surface area contributed by atoms with Crippen molar-refractivity contribution in [3.8, 4) is 5.75 Å². The standard InChI is InChI=1S/C14H12FNO2/c1-9-12(3-2-4-13(9)17)16-14(18)10-5-7-11(15)8-6-10/h2-8,17H,1H3,(H,16,18). The van der Waals surface area contributed by atoms with Crippen LogP contribution in [0.5, 0.6) is 5.75 Å². The summed E-state index contributed by atoms with van der Waals surface area (Å²) in [6, 6.07) is 10.1.